The molecule has 6 nitrogen and oxygen atoms in total. The van der Waals surface area contributed by atoms with Crippen LogP contribution < -0.4 is 10.6 Å². The zero-order chi connectivity index (χ0) is 15.0. The van der Waals surface area contributed by atoms with Gasteiger partial charge in [-0.25, -0.2) is 4.79 Å². The van der Waals surface area contributed by atoms with E-state index in [9.17, 15) is 4.79 Å². The Bertz CT molecular complexity index is 587. The molecular weight excluding hydrogens is 286 g/mol. The molecule has 0 saturated carbocycles. The van der Waals surface area contributed by atoms with Crippen molar-refractivity contribution in [3.05, 3.63) is 20.7 Å². The fraction of sp³-hybridized carbons (Fsp3) is 0.714. The largest absolute Gasteiger partial charge is 0.331 e. The van der Waals surface area contributed by atoms with E-state index >= 15 is 0 Å². The molecule has 1 aromatic rings. The lowest BCUT2D eigenvalue weighted by molar-refractivity contribution is 0.154. The van der Waals surface area contributed by atoms with Gasteiger partial charge in [-0.2, -0.15) is 0 Å². The van der Waals surface area contributed by atoms with Crippen molar-refractivity contribution in [2.75, 3.05) is 31.3 Å². The van der Waals surface area contributed by atoms with Crippen molar-refractivity contribution in [1.82, 2.24) is 19.4 Å². The average Bonchev–Trinajstić information content (AvgIpc) is 2.44. The molecule has 0 bridgehead atoms. The molecule has 3 heterocycles. The summed E-state index contributed by atoms with van der Waals surface area (Å²) in [5.74, 6) is 1.03. The lowest BCUT2D eigenvalue weighted by atomic mass is 10.2. The molecule has 0 aliphatic carbocycles. The number of rotatable bonds is 4. The minimum Gasteiger partial charge on any atom is -0.331 e. The van der Waals surface area contributed by atoms with Crippen LogP contribution in [0.4, 0.5) is 5.82 Å². The Kier molecular flexibility index (Phi) is 4.14. The van der Waals surface area contributed by atoms with Crippen molar-refractivity contribution >= 4 is 18.0 Å². The molecule has 0 unspecified atom stereocenters. The van der Waals surface area contributed by atoms with Gasteiger partial charge in [-0.05, 0) is 19.4 Å². The van der Waals surface area contributed by atoms with Gasteiger partial charge >= 0.3 is 5.69 Å². The minimum absolute atomic E-state index is 0.0894. The van der Waals surface area contributed by atoms with Crippen LogP contribution in [0, 0.1) is 4.64 Å². The Morgan fingerprint density at radius 2 is 1.76 bits per heavy atom. The van der Waals surface area contributed by atoms with Crippen LogP contribution in [0.15, 0.2) is 4.79 Å². The number of hydrogen-bond donors (Lipinski definition) is 1. The smallest absolute Gasteiger partial charge is 0.329 e. The summed E-state index contributed by atoms with van der Waals surface area (Å²) in [6.07, 6.45) is 2.21. The highest BCUT2D eigenvalue weighted by Gasteiger charge is 2.31. The van der Waals surface area contributed by atoms with Crippen LogP contribution in [0.1, 0.15) is 32.3 Å². The van der Waals surface area contributed by atoms with Gasteiger partial charge in [0.15, 0.2) is 0 Å². The molecule has 0 spiro atoms. The van der Waals surface area contributed by atoms with Crippen molar-refractivity contribution in [2.24, 2.45) is 0 Å². The van der Waals surface area contributed by atoms with E-state index in [2.05, 4.69) is 33.5 Å². The number of hydrogen-bond acceptors (Lipinski definition) is 5. The molecule has 0 amide bonds. The molecule has 0 saturated heterocycles. The van der Waals surface area contributed by atoms with Crippen molar-refractivity contribution < 1.29 is 0 Å². The van der Waals surface area contributed by atoms with Gasteiger partial charge in [-0.1, -0.05) is 26.1 Å². The zero-order valence-electron chi connectivity index (χ0n) is 12.8. The van der Waals surface area contributed by atoms with Crippen LogP contribution in [0.25, 0.3) is 0 Å². The molecule has 0 radical (unpaired) electrons. The molecule has 116 valence electrons. The number of H-pyrrole nitrogens is 1. The summed E-state index contributed by atoms with van der Waals surface area (Å²) in [6, 6.07) is 0. The van der Waals surface area contributed by atoms with Crippen molar-refractivity contribution in [3.8, 4) is 0 Å². The SMILES string of the molecule is CCCN1Cc2c3n(c(=O)[nH]c2=S)CN(CCC)CN3C1. The Balaban J connectivity index is 2.05. The summed E-state index contributed by atoms with van der Waals surface area (Å²) in [5, 5.41) is 0. The molecule has 2 aliphatic rings. The zero-order valence-corrected chi connectivity index (χ0v) is 13.6. The van der Waals surface area contributed by atoms with Crippen LogP contribution in [0.5, 0.6) is 0 Å². The maximum absolute atomic E-state index is 12.3. The summed E-state index contributed by atoms with van der Waals surface area (Å²) >= 11 is 5.39. The predicted molar refractivity (Wildman–Crippen MR) is 85.8 cm³/mol. The first kappa shape index (κ1) is 14.7. The molecule has 2 aliphatic heterocycles. The average molecular weight is 309 g/mol. The highest BCUT2D eigenvalue weighted by atomic mass is 32.1. The molecule has 21 heavy (non-hydrogen) atoms. The Morgan fingerprint density at radius 1 is 1.10 bits per heavy atom. The van der Waals surface area contributed by atoms with Gasteiger partial charge in [0.25, 0.3) is 0 Å². The van der Waals surface area contributed by atoms with Crippen LogP contribution in [-0.2, 0) is 13.2 Å². The Labute approximate surface area is 130 Å². The van der Waals surface area contributed by atoms with E-state index in [4.69, 9.17) is 12.2 Å². The van der Waals surface area contributed by atoms with Crippen molar-refractivity contribution in [3.63, 3.8) is 0 Å². The van der Waals surface area contributed by atoms with Gasteiger partial charge in [0, 0.05) is 18.7 Å². The molecule has 3 rings (SSSR count). The lowest BCUT2D eigenvalue weighted by Gasteiger charge is -2.45. The normalized spacial score (nSPS) is 18.9. The van der Waals surface area contributed by atoms with Crippen LogP contribution in [-0.4, -0.2) is 45.8 Å². The molecular formula is C14H23N5OS. The third-order valence-corrected chi connectivity index (χ3v) is 4.46. The molecule has 1 N–H and O–H groups in total. The fourth-order valence-electron chi connectivity index (χ4n) is 3.34. The van der Waals surface area contributed by atoms with E-state index in [-0.39, 0.29) is 5.69 Å². The maximum Gasteiger partial charge on any atom is 0.329 e. The van der Waals surface area contributed by atoms with E-state index < -0.39 is 0 Å². The quantitative estimate of drug-likeness (QED) is 0.855. The van der Waals surface area contributed by atoms with Crippen LogP contribution >= 0.6 is 12.2 Å². The van der Waals surface area contributed by atoms with E-state index in [0.29, 0.717) is 11.3 Å². The fourth-order valence-corrected chi connectivity index (χ4v) is 3.58. The predicted octanol–water partition coefficient (Wildman–Crippen LogP) is 1.54. The second-order valence-electron chi connectivity index (χ2n) is 5.90. The standard InChI is InChI=1S/C14H23N5OS/c1-3-5-16-7-11-12(21)15-14(20)19-10-17(6-4-2)9-18(8-16)13(11)19/h3-10H2,1-2H3,(H,15,20,21). The lowest BCUT2D eigenvalue weighted by Crippen LogP contribution is -2.55. The van der Waals surface area contributed by atoms with E-state index in [1.165, 1.54) is 0 Å². The second-order valence-corrected chi connectivity index (χ2v) is 6.31. The number of anilines is 1. The Morgan fingerprint density at radius 3 is 2.48 bits per heavy atom. The minimum atomic E-state index is -0.0894. The van der Waals surface area contributed by atoms with Gasteiger partial charge in [-0.15, -0.1) is 0 Å². The number of aromatic amines is 1. The summed E-state index contributed by atoms with van der Waals surface area (Å²) in [6.45, 7) is 9.66. The summed E-state index contributed by atoms with van der Waals surface area (Å²) in [7, 11) is 0. The first-order valence-corrected chi connectivity index (χ1v) is 8.10. The van der Waals surface area contributed by atoms with Gasteiger partial charge in [0.2, 0.25) is 0 Å². The first-order valence-electron chi connectivity index (χ1n) is 7.69. The van der Waals surface area contributed by atoms with E-state index in [0.717, 1.165) is 57.2 Å². The number of nitrogens with zero attached hydrogens (tertiary/aromatic N) is 4. The highest BCUT2D eigenvalue weighted by molar-refractivity contribution is 7.71. The van der Waals surface area contributed by atoms with Gasteiger partial charge in [-0.3, -0.25) is 19.4 Å². The van der Waals surface area contributed by atoms with E-state index in [1.807, 2.05) is 4.57 Å². The third kappa shape index (κ3) is 2.65. The first-order chi connectivity index (χ1) is 10.1. The van der Waals surface area contributed by atoms with E-state index in [1.54, 1.807) is 0 Å². The van der Waals surface area contributed by atoms with Gasteiger partial charge in [0.05, 0.1) is 20.0 Å². The van der Waals surface area contributed by atoms with Gasteiger partial charge < -0.3 is 4.90 Å². The monoisotopic (exact) mass is 309 g/mol. The summed E-state index contributed by atoms with van der Waals surface area (Å²) in [5.41, 5.74) is 1.01. The molecule has 0 aromatic carbocycles. The second kappa shape index (κ2) is 5.90. The topological polar surface area (TPSA) is 47.5 Å². The maximum atomic E-state index is 12.3. The number of nitrogens with one attached hydrogen (secondary N) is 1. The highest BCUT2D eigenvalue weighted by Crippen LogP contribution is 2.29. The Hall–Kier alpha value is -1.18. The molecule has 1 aromatic heterocycles. The van der Waals surface area contributed by atoms with Crippen molar-refractivity contribution in [1.29, 1.82) is 0 Å². The van der Waals surface area contributed by atoms with Crippen LogP contribution in [0.2, 0.25) is 0 Å². The number of aromatic nitrogens is 2. The van der Waals surface area contributed by atoms with Gasteiger partial charge in [0.1, 0.15) is 10.5 Å². The molecule has 0 atom stereocenters. The molecule has 7 heteroatoms. The molecule has 0 fully saturated rings. The van der Waals surface area contributed by atoms with Crippen LogP contribution in [0.3, 0.4) is 0 Å². The van der Waals surface area contributed by atoms with Crippen molar-refractivity contribution in [2.45, 2.75) is 39.9 Å². The summed E-state index contributed by atoms with van der Waals surface area (Å²) in [4.78, 5) is 22.1. The third-order valence-electron chi connectivity index (χ3n) is 4.11. The summed E-state index contributed by atoms with van der Waals surface area (Å²) < 4.78 is 2.44.